The van der Waals surface area contributed by atoms with Gasteiger partial charge in [-0.3, -0.25) is 0 Å². The van der Waals surface area contributed by atoms with Gasteiger partial charge in [-0.25, -0.2) is 0 Å². The van der Waals surface area contributed by atoms with Gasteiger partial charge >= 0.3 is 0 Å². The van der Waals surface area contributed by atoms with E-state index >= 15 is 0 Å². The van der Waals surface area contributed by atoms with E-state index in [0.29, 0.717) is 0 Å². The highest BCUT2D eigenvalue weighted by molar-refractivity contribution is 5.41. The summed E-state index contributed by atoms with van der Waals surface area (Å²) >= 11 is 0. The SMILES string of the molecule is COC1CC2(CCNC2)Oc2ccc(C)cc21. The summed E-state index contributed by atoms with van der Waals surface area (Å²) < 4.78 is 11.9. The van der Waals surface area contributed by atoms with Gasteiger partial charge in [-0.1, -0.05) is 11.6 Å². The Kier molecular flexibility index (Phi) is 2.60. The molecule has 3 nitrogen and oxygen atoms in total. The molecule has 3 heteroatoms. The molecule has 2 aliphatic rings. The number of hydrogen-bond donors (Lipinski definition) is 1. The molecule has 2 aliphatic heterocycles. The molecule has 2 unspecified atom stereocenters. The van der Waals surface area contributed by atoms with Crippen LogP contribution in [0, 0.1) is 6.92 Å². The molecule has 1 saturated heterocycles. The van der Waals surface area contributed by atoms with Gasteiger partial charge in [0.15, 0.2) is 0 Å². The van der Waals surface area contributed by atoms with E-state index in [1.807, 2.05) is 0 Å². The van der Waals surface area contributed by atoms with Gasteiger partial charge in [-0.2, -0.15) is 0 Å². The Morgan fingerprint density at radius 3 is 3.06 bits per heavy atom. The standard InChI is InChI=1S/C14H19NO2/c1-10-3-4-12-11(7-10)13(16-2)8-14(17-12)5-6-15-9-14/h3-4,7,13,15H,5-6,8-9H2,1-2H3. The van der Waals surface area contributed by atoms with Crippen LogP contribution in [0.3, 0.4) is 0 Å². The maximum atomic E-state index is 6.22. The van der Waals surface area contributed by atoms with Gasteiger partial charge < -0.3 is 14.8 Å². The number of methoxy groups -OCH3 is 1. The quantitative estimate of drug-likeness (QED) is 0.806. The fourth-order valence-electron chi connectivity index (χ4n) is 2.93. The third-order valence-corrected chi connectivity index (χ3v) is 3.89. The summed E-state index contributed by atoms with van der Waals surface area (Å²) in [6, 6.07) is 6.36. The Morgan fingerprint density at radius 1 is 1.47 bits per heavy atom. The Labute approximate surface area is 102 Å². The second kappa shape index (κ2) is 4.00. The summed E-state index contributed by atoms with van der Waals surface area (Å²) in [5.41, 5.74) is 2.41. The highest BCUT2D eigenvalue weighted by Crippen LogP contribution is 2.43. The van der Waals surface area contributed by atoms with Crippen LogP contribution in [0.5, 0.6) is 5.75 Å². The molecule has 1 fully saturated rings. The number of hydrogen-bond acceptors (Lipinski definition) is 3. The first-order chi connectivity index (χ1) is 8.22. The van der Waals surface area contributed by atoms with E-state index < -0.39 is 0 Å². The van der Waals surface area contributed by atoms with E-state index in [-0.39, 0.29) is 11.7 Å². The Morgan fingerprint density at radius 2 is 2.35 bits per heavy atom. The summed E-state index contributed by atoms with van der Waals surface area (Å²) in [7, 11) is 1.79. The average molecular weight is 233 g/mol. The predicted molar refractivity (Wildman–Crippen MR) is 66.4 cm³/mol. The molecular formula is C14H19NO2. The van der Waals surface area contributed by atoms with Gasteiger partial charge in [0.2, 0.25) is 0 Å². The van der Waals surface area contributed by atoms with E-state index in [0.717, 1.165) is 31.7 Å². The lowest BCUT2D eigenvalue weighted by Crippen LogP contribution is -2.43. The fraction of sp³-hybridized carbons (Fsp3) is 0.571. The van der Waals surface area contributed by atoms with Crippen LogP contribution in [-0.2, 0) is 4.74 Å². The van der Waals surface area contributed by atoms with Crippen molar-refractivity contribution in [3.8, 4) is 5.75 Å². The normalized spacial score (nSPS) is 31.3. The molecule has 2 atom stereocenters. The maximum absolute atomic E-state index is 6.22. The third-order valence-electron chi connectivity index (χ3n) is 3.89. The van der Waals surface area contributed by atoms with Gasteiger partial charge in [0.25, 0.3) is 0 Å². The monoisotopic (exact) mass is 233 g/mol. The Bertz CT molecular complexity index is 424. The van der Waals surface area contributed by atoms with Crippen LogP contribution in [0.25, 0.3) is 0 Å². The molecule has 1 aromatic carbocycles. The van der Waals surface area contributed by atoms with Crippen molar-refractivity contribution >= 4 is 0 Å². The molecule has 1 aromatic rings. The minimum absolute atomic E-state index is 0.0526. The minimum atomic E-state index is -0.0526. The fourth-order valence-corrected chi connectivity index (χ4v) is 2.93. The van der Waals surface area contributed by atoms with Crippen molar-refractivity contribution in [3.63, 3.8) is 0 Å². The number of ether oxygens (including phenoxy) is 2. The van der Waals surface area contributed by atoms with Gasteiger partial charge in [0.1, 0.15) is 11.4 Å². The lowest BCUT2D eigenvalue weighted by atomic mass is 9.87. The number of nitrogens with one attached hydrogen (secondary N) is 1. The second-order valence-corrected chi connectivity index (χ2v) is 5.18. The summed E-state index contributed by atoms with van der Waals surface area (Å²) in [6.07, 6.45) is 2.19. The lowest BCUT2D eigenvalue weighted by molar-refractivity contribution is -0.0203. The predicted octanol–water partition coefficient (Wildman–Crippen LogP) is 2.20. The highest BCUT2D eigenvalue weighted by Gasteiger charge is 2.43. The third kappa shape index (κ3) is 1.83. The maximum Gasteiger partial charge on any atom is 0.126 e. The summed E-state index contributed by atoms with van der Waals surface area (Å²) in [4.78, 5) is 0. The zero-order chi connectivity index (χ0) is 11.9. The van der Waals surface area contributed by atoms with E-state index in [1.165, 1.54) is 11.1 Å². The molecule has 1 spiro atoms. The van der Waals surface area contributed by atoms with E-state index in [2.05, 4.69) is 30.4 Å². The van der Waals surface area contributed by atoms with Crippen LogP contribution >= 0.6 is 0 Å². The van der Waals surface area contributed by atoms with Crippen LogP contribution in [0.15, 0.2) is 18.2 Å². The van der Waals surface area contributed by atoms with E-state index in [1.54, 1.807) is 7.11 Å². The molecular weight excluding hydrogens is 214 g/mol. The van der Waals surface area contributed by atoms with Crippen LogP contribution in [0.1, 0.15) is 30.1 Å². The van der Waals surface area contributed by atoms with E-state index in [4.69, 9.17) is 9.47 Å². The molecule has 92 valence electrons. The molecule has 0 saturated carbocycles. The Balaban J connectivity index is 2.00. The molecule has 0 bridgehead atoms. The van der Waals surface area contributed by atoms with Gasteiger partial charge in [-0.05, 0) is 25.6 Å². The van der Waals surface area contributed by atoms with Crippen molar-refractivity contribution in [2.75, 3.05) is 20.2 Å². The van der Waals surface area contributed by atoms with Crippen molar-refractivity contribution < 1.29 is 9.47 Å². The smallest absolute Gasteiger partial charge is 0.126 e. The highest BCUT2D eigenvalue weighted by atomic mass is 16.5. The first-order valence-corrected chi connectivity index (χ1v) is 6.25. The largest absolute Gasteiger partial charge is 0.485 e. The van der Waals surface area contributed by atoms with E-state index in [9.17, 15) is 0 Å². The molecule has 2 heterocycles. The van der Waals surface area contributed by atoms with Gasteiger partial charge in [-0.15, -0.1) is 0 Å². The van der Waals surface area contributed by atoms with Gasteiger partial charge in [0.05, 0.1) is 6.10 Å². The first-order valence-electron chi connectivity index (χ1n) is 6.25. The van der Waals surface area contributed by atoms with Crippen molar-refractivity contribution in [2.45, 2.75) is 31.5 Å². The van der Waals surface area contributed by atoms with Crippen molar-refractivity contribution in [3.05, 3.63) is 29.3 Å². The first kappa shape index (κ1) is 11.1. The summed E-state index contributed by atoms with van der Waals surface area (Å²) in [6.45, 7) is 4.08. The Hall–Kier alpha value is -1.06. The van der Waals surface area contributed by atoms with Crippen LogP contribution < -0.4 is 10.1 Å². The summed E-state index contributed by atoms with van der Waals surface area (Å²) in [5, 5.41) is 3.39. The molecule has 1 N–H and O–H groups in total. The number of aryl methyl sites for hydroxylation is 1. The van der Waals surface area contributed by atoms with Gasteiger partial charge in [0, 0.05) is 32.1 Å². The van der Waals surface area contributed by atoms with Crippen molar-refractivity contribution in [2.24, 2.45) is 0 Å². The summed E-state index contributed by atoms with van der Waals surface area (Å²) in [5.74, 6) is 0.998. The molecule has 0 aliphatic carbocycles. The second-order valence-electron chi connectivity index (χ2n) is 5.18. The molecule has 0 aromatic heterocycles. The van der Waals surface area contributed by atoms with Crippen LogP contribution in [0.4, 0.5) is 0 Å². The zero-order valence-corrected chi connectivity index (χ0v) is 10.5. The number of fused-ring (bicyclic) bond motifs is 1. The van der Waals surface area contributed by atoms with Crippen molar-refractivity contribution in [1.82, 2.24) is 5.32 Å². The molecule has 0 radical (unpaired) electrons. The zero-order valence-electron chi connectivity index (χ0n) is 10.5. The number of benzene rings is 1. The lowest BCUT2D eigenvalue weighted by Gasteiger charge is -2.39. The minimum Gasteiger partial charge on any atom is -0.485 e. The van der Waals surface area contributed by atoms with Crippen molar-refractivity contribution in [1.29, 1.82) is 0 Å². The molecule has 0 amide bonds. The topological polar surface area (TPSA) is 30.5 Å². The van der Waals surface area contributed by atoms with Crippen LogP contribution in [-0.4, -0.2) is 25.8 Å². The molecule has 17 heavy (non-hydrogen) atoms. The van der Waals surface area contributed by atoms with Crippen LogP contribution in [0.2, 0.25) is 0 Å². The molecule has 3 rings (SSSR count). The average Bonchev–Trinajstić information content (AvgIpc) is 2.77. The number of rotatable bonds is 1.